The van der Waals surface area contributed by atoms with Crippen LogP contribution in [0, 0.1) is 5.82 Å². The molecular formula is C11H14Cl2FNO. The summed E-state index contributed by atoms with van der Waals surface area (Å²) >= 11 is 5.86. The van der Waals surface area contributed by atoms with E-state index in [2.05, 4.69) is 6.58 Å². The Balaban J connectivity index is 0.00000225. The zero-order valence-corrected chi connectivity index (χ0v) is 10.4. The predicted octanol–water partition coefficient (Wildman–Crippen LogP) is 3.49. The number of hydrogen-bond donors (Lipinski definition) is 1. The molecule has 90 valence electrons. The number of benzene rings is 1. The Bertz CT molecular complexity index is 348. The SMILES string of the molecule is C=C[C@@H](N)c1cc(F)c(OCC)c(Cl)c1.Cl. The number of hydrogen-bond acceptors (Lipinski definition) is 2. The predicted molar refractivity (Wildman–Crippen MR) is 67.0 cm³/mol. The number of rotatable bonds is 4. The molecule has 1 rings (SSSR count). The van der Waals surface area contributed by atoms with Gasteiger partial charge in [-0.15, -0.1) is 19.0 Å². The van der Waals surface area contributed by atoms with Crippen LogP contribution in [0.25, 0.3) is 0 Å². The van der Waals surface area contributed by atoms with Gasteiger partial charge in [0.2, 0.25) is 0 Å². The van der Waals surface area contributed by atoms with Crippen LogP contribution in [0.3, 0.4) is 0 Å². The second kappa shape index (κ2) is 6.74. The molecule has 0 radical (unpaired) electrons. The van der Waals surface area contributed by atoms with Crippen LogP contribution in [-0.4, -0.2) is 6.61 Å². The summed E-state index contributed by atoms with van der Waals surface area (Å²) < 4.78 is 18.6. The summed E-state index contributed by atoms with van der Waals surface area (Å²) in [4.78, 5) is 0. The highest BCUT2D eigenvalue weighted by Gasteiger charge is 2.12. The molecule has 16 heavy (non-hydrogen) atoms. The molecule has 2 N–H and O–H groups in total. The van der Waals surface area contributed by atoms with Crippen molar-refractivity contribution in [1.29, 1.82) is 0 Å². The summed E-state index contributed by atoms with van der Waals surface area (Å²) in [6, 6.07) is 2.47. The van der Waals surface area contributed by atoms with E-state index in [1.165, 1.54) is 12.1 Å². The maximum absolute atomic E-state index is 13.5. The first kappa shape index (κ1) is 15.2. The molecule has 1 atom stereocenters. The highest BCUT2D eigenvalue weighted by atomic mass is 35.5. The third kappa shape index (κ3) is 3.37. The zero-order valence-electron chi connectivity index (χ0n) is 8.87. The third-order valence-corrected chi connectivity index (χ3v) is 2.23. The summed E-state index contributed by atoms with van der Waals surface area (Å²) in [6.45, 7) is 5.66. The van der Waals surface area contributed by atoms with Crippen LogP contribution in [-0.2, 0) is 0 Å². The lowest BCUT2D eigenvalue weighted by Gasteiger charge is -2.11. The molecule has 0 saturated carbocycles. The minimum atomic E-state index is -0.503. The van der Waals surface area contributed by atoms with E-state index in [1.807, 2.05) is 0 Å². The zero-order chi connectivity index (χ0) is 11.4. The Labute approximate surface area is 106 Å². The maximum atomic E-state index is 13.5. The minimum Gasteiger partial charge on any atom is -0.489 e. The average molecular weight is 266 g/mol. The van der Waals surface area contributed by atoms with Crippen molar-refractivity contribution in [3.05, 3.63) is 41.2 Å². The average Bonchev–Trinajstić information content (AvgIpc) is 2.22. The van der Waals surface area contributed by atoms with E-state index in [0.29, 0.717) is 12.2 Å². The van der Waals surface area contributed by atoms with Crippen molar-refractivity contribution >= 4 is 24.0 Å². The number of nitrogens with two attached hydrogens (primary N) is 1. The van der Waals surface area contributed by atoms with E-state index >= 15 is 0 Å². The Morgan fingerprint density at radius 2 is 2.25 bits per heavy atom. The van der Waals surface area contributed by atoms with Gasteiger partial charge in [0, 0.05) is 6.04 Å². The van der Waals surface area contributed by atoms with Crippen molar-refractivity contribution < 1.29 is 9.13 Å². The third-order valence-electron chi connectivity index (χ3n) is 1.95. The number of halogens is 3. The largest absolute Gasteiger partial charge is 0.489 e. The van der Waals surface area contributed by atoms with Gasteiger partial charge in [0.1, 0.15) is 0 Å². The first-order chi connectivity index (χ1) is 7.10. The van der Waals surface area contributed by atoms with Gasteiger partial charge in [-0.3, -0.25) is 0 Å². The van der Waals surface area contributed by atoms with Gasteiger partial charge in [-0.1, -0.05) is 17.7 Å². The van der Waals surface area contributed by atoms with Crippen LogP contribution in [0.4, 0.5) is 4.39 Å². The van der Waals surface area contributed by atoms with E-state index in [4.69, 9.17) is 22.1 Å². The quantitative estimate of drug-likeness (QED) is 0.847. The highest BCUT2D eigenvalue weighted by Crippen LogP contribution is 2.31. The van der Waals surface area contributed by atoms with Gasteiger partial charge < -0.3 is 10.5 Å². The van der Waals surface area contributed by atoms with Crippen molar-refractivity contribution in [3.8, 4) is 5.75 Å². The standard InChI is InChI=1S/C11H13ClFNO.ClH/c1-3-10(14)7-5-8(12)11(15-4-2)9(13)6-7;/h3,5-6,10H,1,4,14H2,2H3;1H/t10-;/m1./s1. The Hall–Kier alpha value is -0.770. The summed E-state index contributed by atoms with van der Waals surface area (Å²) in [5.74, 6) is -0.434. The van der Waals surface area contributed by atoms with E-state index in [1.54, 1.807) is 13.0 Å². The molecule has 0 aromatic heterocycles. The molecule has 0 saturated heterocycles. The van der Waals surface area contributed by atoms with Crippen molar-refractivity contribution in [2.75, 3.05) is 6.61 Å². The van der Waals surface area contributed by atoms with Crippen molar-refractivity contribution in [2.24, 2.45) is 5.73 Å². The van der Waals surface area contributed by atoms with Gasteiger partial charge in [-0.2, -0.15) is 0 Å². The van der Waals surface area contributed by atoms with Crippen molar-refractivity contribution in [1.82, 2.24) is 0 Å². The molecule has 5 heteroatoms. The molecular weight excluding hydrogens is 252 g/mol. The molecule has 1 aromatic carbocycles. The maximum Gasteiger partial charge on any atom is 0.173 e. The van der Waals surface area contributed by atoms with Crippen LogP contribution >= 0.6 is 24.0 Å². The Kier molecular flexibility index (Phi) is 6.41. The summed E-state index contributed by atoms with van der Waals surface area (Å²) in [5, 5.41) is 0.226. The molecule has 0 bridgehead atoms. The van der Waals surface area contributed by atoms with Crippen LogP contribution in [0.2, 0.25) is 5.02 Å². The van der Waals surface area contributed by atoms with E-state index < -0.39 is 11.9 Å². The van der Waals surface area contributed by atoms with Crippen LogP contribution in [0.5, 0.6) is 5.75 Å². The fourth-order valence-corrected chi connectivity index (χ4v) is 1.46. The van der Waals surface area contributed by atoms with Gasteiger partial charge in [0.25, 0.3) is 0 Å². The lowest BCUT2D eigenvalue weighted by atomic mass is 10.1. The molecule has 0 fully saturated rings. The van der Waals surface area contributed by atoms with Gasteiger partial charge in [-0.25, -0.2) is 4.39 Å². The molecule has 2 nitrogen and oxygen atoms in total. The molecule has 0 aliphatic heterocycles. The smallest absolute Gasteiger partial charge is 0.173 e. The lowest BCUT2D eigenvalue weighted by molar-refractivity contribution is 0.321. The fourth-order valence-electron chi connectivity index (χ4n) is 1.19. The summed E-state index contributed by atoms with van der Waals surface area (Å²) in [7, 11) is 0. The van der Waals surface area contributed by atoms with Gasteiger partial charge >= 0.3 is 0 Å². The Morgan fingerprint density at radius 1 is 1.62 bits per heavy atom. The second-order valence-corrected chi connectivity index (χ2v) is 3.42. The fraction of sp³-hybridized carbons (Fsp3) is 0.273. The second-order valence-electron chi connectivity index (χ2n) is 3.01. The van der Waals surface area contributed by atoms with E-state index in [9.17, 15) is 4.39 Å². The molecule has 0 unspecified atom stereocenters. The molecule has 0 amide bonds. The van der Waals surface area contributed by atoms with Gasteiger partial charge in [0.15, 0.2) is 11.6 Å². The monoisotopic (exact) mass is 265 g/mol. The first-order valence-corrected chi connectivity index (χ1v) is 4.97. The lowest BCUT2D eigenvalue weighted by Crippen LogP contribution is -2.07. The van der Waals surface area contributed by atoms with Gasteiger partial charge in [0.05, 0.1) is 11.6 Å². The van der Waals surface area contributed by atoms with E-state index in [-0.39, 0.29) is 23.2 Å². The summed E-state index contributed by atoms with van der Waals surface area (Å²) in [6.07, 6.45) is 1.52. The molecule has 1 aromatic rings. The molecule has 0 spiro atoms. The van der Waals surface area contributed by atoms with Crippen molar-refractivity contribution in [2.45, 2.75) is 13.0 Å². The minimum absolute atomic E-state index is 0. The van der Waals surface area contributed by atoms with Crippen LogP contribution in [0.1, 0.15) is 18.5 Å². The molecule has 0 aliphatic rings. The topological polar surface area (TPSA) is 35.2 Å². The summed E-state index contributed by atoms with van der Waals surface area (Å²) in [5.41, 5.74) is 6.25. The van der Waals surface area contributed by atoms with Crippen LogP contribution in [0.15, 0.2) is 24.8 Å². The number of ether oxygens (including phenoxy) is 1. The first-order valence-electron chi connectivity index (χ1n) is 4.60. The van der Waals surface area contributed by atoms with E-state index in [0.717, 1.165) is 0 Å². The highest BCUT2D eigenvalue weighted by molar-refractivity contribution is 6.32. The molecule has 0 aliphatic carbocycles. The molecule has 0 heterocycles. The van der Waals surface area contributed by atoms with Crippen LogP contribution < -0.4 is 10.5 Å². The normalized spacial score (nSPS) is 11.5. The Morgan fingerprint density at radius 3 is 2.69 bits per heavy atom. The van der Waals surface area contributed by atoms with Gasteiger partial charge in [-0.05, 0) is 24.6 Å². The van der Waals surface area contributed by atoms with Crippen molar-refractivity contribution in [3.63, 3.8) is 0 Å².